The molecule has 0 spiro atoms. The van der Waals surface area contributed by atoms with E-state index in [-0.39, 0.29) is 5.91 Å². The molecule has 0 aliphatic heterocycles. The number of H-pyrrole nitrogens is 1. The van der Waals surface area contributed by atoms with Crippen LogP contribution in [0.25, 0.3) is 0 Å². The van der Waals surface area contributed by atoms with Gasteiger partial charge in [-0.3, -0.25) is 10.6 Å². The number of amides is 1. The van der Waals surface area contributed by atoms with Gasteiger partial charge in [-0.1, -0.05) is 0 Å². The summed E-state index contributed by atoms with van der Waals surface area (Å²) in [7, 11) is 0. The molecule has 18 heavy (non-hydrogen) atoms. The van der Waals surface area contributed by atoms with Gasteiger partial charge in [0.25, 0.3) is 5.91 Å². The SMILES string of the molecule is Cc1cc(C(=O)NCc2cnc[nH]2)ccc1NN. The third-order valence-corrected chi connectivity index (χ3v) is 2.64. The lowest BCUT2D eigenvalue weighted by Crippen LogP contribution is -2.23. The van der Waals surface area contributed by atoms with Gasteiger partial charge in [-0.2, -0.15) is 0 Å². The van der Waals surface area contributed by atoms with Crippen molar-refractivity contribution in [1.29, 1.82) is 0 Å². The maximum atomic E-state index is 11.9. The van der Waals surface area contributed by atoms with Gasteiger partial charge in [0.05, 0.1) is 24.3 Å². The molecule has 94 valence electrons. The number of rotatable bonds is 4. The number of anilines is 1. The summed E-state index contributed by atoms with van der Waals surface area (Å²) in [6, 6.07) is 5.29. The number of nitrogens with one attached hydrogen (secondary N) is 3. The summed E-state index contributed by atoms with van der Waals surface area (Å²) in [6.07, 6.45) is 3.25. The van der Waals surface area contributed by atoms with Crippen LogP contribution in [0.2, 0.25) is 0 Å². The molecule has 0 saturated heterocycles. The molecular weight excluding hydrogens is 230 g/mol. The van der Waals surface area contributed by atoms with Crippen molar-refractivity contribution in [3.8, 4) is 0 Å². The number of benzene rings is 1. The standard InChI is InChI=1S/C12H15N5O/c1-8-4-9(2-3-11(8)17-13)12(18)15-6-10-5-14-7-16-10/h2-5,7,17H,6,13H2,1H3,(H,14,16)(H,15,18). The Hall–Kier alpha value is -2.34. The number of carbonyl (C=O) groups excluding carboxylic acids is 1. The molecule has 0 saturated carbocycles. The van der Waals surface area contributed by atoms with Crippen molar-refractivity contribution in [1.82, 2.24) is 15.3 Å². The Morgan fingerprint density at radius 2 is 2.33 bits per heavy atom. The monoisotopic (exact) mass is 245 g/mol. The molecule has 0 aliphatic rings. The first kappa shape index (κ1) is 12.1. The smallest absolute Gasteiger partial charge is 0.251 e. The normalized spacial score (nSPS) is 10.1. The minimum absolute atomic E-state index is 0.128. The quantitative estimate of drug-likeness (QED) is 0.476. The van der Waals surface area contributed by atoms with Crippen LogP contribution in [-0.4, -0.2) is 15.9 Å². The number of aromatic amines is 1. The van der Waals surface area contributed by atoms with Crippen molar-refractivity contribution < 1.29 is 4.79 Å². The van der Waals surface area contributed by atoms with E-state index in [1.54, 1.807) is 30.7 Å². The first-order chi connectivity index (χ1) is 8.70. The Bertz CT molecular complexity index is 535. The lowest BCUT2D eigenvalue weighted by Gasteiger charge is -2.08. The van der Waals surface area contributed by atoms with E-state index in [1.807, 2.05) is 6.92 Å². The molecule has 1 amide bonds. The van der Waals surface area contributed by atoms with E-state index in [2.05, 4.69) is 20.7 Å². The molecule has 2 aromatic rings. The Morgan fingerprint density at radius 3 is 2.94 bits per heavy atom. The fraction of sp³-hybridized carbons (Fsp3) is 0.167. The number of aromatic nitrogens is 2. The van der Waals surface area contributed by atoms with Crippen molar-refractivity contribution in [3.05, 3.63) is 47.5 Å². The second kappa shape index (κ2) is 5.33. The number of nitrogens with two attached hydrogens (primary N) is 1. The van der Waals surface area contributed by atoms with E-state index in [4.69, 9.17) is 5.84 Å². The van der Waals surface area contributed by atoms with Crippen molar-refractivity contribution in [3.63, 3.8) is 0 Å². The van der Waals surface area contributed by atoms with Gasteiger partial charge in [-0.25, -0.2) is 4.98 Å². The molecule has 0 unspecified atom stereocenters. The van der Waals surface area contributed by atoms with E-state index < -0.39 is 0 Å². The summed E-state index contributed by atoms with van der Waals surface area (Å²) in [4.78, 5) is 18.7. The lowest BCUT2D eigenvalue weighted by atomic mass is 10.1. The number of nitrogen functional groups attached to an aromatic ring is 1. The average Bonchev–Trinajstić information content (AvgIpc) is 2.89. The molecule has 0 fully saturated rings. The highest BCUT2D eigenvalue weighted by molar-refractivity contribution is 5.94. The van der Waals surface area contributed by atoms with Crippen LogP contribution in [0.4, 0.5) is 5.69 Å². The fourth-order valence-corrected chi connectivity index (χ4v) is 1.63. The van der Waals surface area contributed by atoms with Gasteiger partial charge in [0, 0.05) is 11.8 Å². The highest BCUT2D eigenvalue weighted by atomic mass is 16.1. The van der Waals surface area contributed by atoms with Crippen LogP contribution in [0.3, 0.4) is 0 Å². The Morgan fingerprint density at radius 1 is 1.50 bits per heavy atom. The third-order valence-electron chi connectivity index (χ3n) is 2.64. The first-order valence-corrected chi connectivity index (χ1v) is 5.53. The summed E-state index contributed by atoms with van der Waals surface area (Å²) < 4.78 is 0. The molecule has 0 atom stereocenters. The van der Waals surface area contributed by atoms with Gasteiger partial charge >= 0.3 is 0 Å². The van der Waals surface area contributed by atoms with Crippen LogP contribution >= 0.6 is 0 Å². The molecule has 1 aromatic carbocycles. The second-order valence-electron chi connectivity index (χ2n) is 3.93. The van der Waals surface area contributed by atoms with Crippen molar-refractivity contribution in [2.75, 3.05) is 5.43 Å². The first-order valence-electron chi connectivity index (χ1n) is 5.53. The zero-order valence-corrected chi connectivity index (χ0v) is 10.0. The average molecular weight is 245 g/mol. The summed E-state index contributed by atoms with van der Waals surface area (Å²) in [6.45, 7) is 2.32. The minimum atomic E-state index is -0.128. The predicted octanol–water partition coefficient (Wildman–Crippen LogP) is 0.934. The molecule has 1 heterocycles. The molecule has 0 radical (unpaired) electrons. The zero-order chi connectivity index (χ0) is 13.0. The van der Waals surface area contributed by atoms with Gasteiger partial charge in [-0.05, 0) is 30.7 Å². The molecule has 5 N–H and O–H groups in total. The highest BCUT2D eigenvalue weighted by Crippen LogP contribution is 2.15. The number of hydrogen-bond donors (Lipinski definition) is 4. The van der Waals surface area contributed by atoms with E-state index >= 15 is 0 Å². The Balaban J connectivity index is 2.02. The molecule has 6 heteroatoms. The fourth-order valence-electron chi connectivity index (χ4n) is 1.63. The minimum Gasteiger partial charge on any atom is -0.347 e. The van der Waals surface area contributed by atoms with Crippen LogP contribution < -0.4 is 16.6 Å². The Kier molecular flexibility index (Phi) is 3.59. The number of carbonyl (C=O) groups is 1. The van der Waals surface area contributed by atoms with Crippen molar-refractivity contribution in [2.45, 2.75) is 13.5 Å². The third kappa shape index (κ3) is 2.67. The van der Waals surface area contributed by atoms with Crippen LogP contribution in [0, 0.1) is 6.92 Å². The van der Waals surface area contributed by atoms with Crippen molar-refractivity contribution >= 4 is 11.6 Å². The molecule has 0 aliphatic carbocycles. The van der Waals surface area contributed by atoms with Crippen molar-refractivity contribution in [2.24, 2.45) is 5.84 Å². The molecular formula is C12H15N5O. The van der Waals surface area contributed by atoms with Gasteiger partial charge in [0.15, 0.2) is 0 Å². The summed E-state index contributed by atoms with van der Waals surface area (Å²) in [5, 5.41) is 2.80. The number of aryl methyl sites for hydroxylation is 1. The van der Waals surface area contributed by atoms with Gasteiger partial charge in [0.1, 0.15) is 0 Å². The van der Waals surface area contributed by atoms with E-state index in [9.17, 15) is 4.79 Å². The number of imidazole rings is 1. The predicted molar refractivity (Wildman–Crippen MR) is 68.7 cm³/mol. The maximum Gasteiger partial charge on any atom is 0.251 e. The molecule has 0 bridgehead atoms. The van der Waals surface area contributed by atoms with E-state index in [0.717, 1.165) is 16.9 Å². The summed E-state index contributed by atoms with van der Waals surface area (Å²) in [5.41, 5.74) is 5.76. The number of hydrogen-bond acceptors (Lipinski definition) is 4. The lowest BCUT2D eigenvalue weighted by molar-refractivity contribution is 0.0950. The maximum absolute atomic E-state index is 11.9. The number of nitrogens with zero attached hydrogens (tertiary/aromatic N) is 1. The van der Waals surface area contributed by atoms with Crippen LogP contribution in [-0.2, 0) is 6.54 Å². The molecule has 1 aromatic heterocycles. The largest absolute Gasteiger partial charge is 0.347 e. The van der Waals surface area contributed by atoms with E-state index in [1.165, 1.54) is 0 Å². The summed E-state index contributed by atoms with van der Waals surface area (Å²) in [5.74, 6) is 5.21. The molecule has 6 nitrogen and oxygen atoms in total. The van der Waals surface area contributed by atoms with Gasteiger partial charge < -0.3 is 15.7 Å². The zero-order valence-electron chi connectivity index (χ0n) is 10.0. The number of hydrazine groups is 1. The van der Waals surface area contributed by atoms with Gasteiger partial charge in [0.2, 0.25) is 0 Å². The topological polar surface area (TPSA) is 95.8 Å². The second-order valence-corrected chi connectivity index (χ2v) is 3.93. The highest BCUT2D eigenvalue weighted by Gasteiger charge is 2.07. The molecule has 2 rings (SSSR count). The van der Waals surface area contributed by atoms with Crippen LogP contribution in [0.15, 0.2) is 30.7 Å². The van der Waals surface area contributed by atoms with E-state index in [0.29, 0.717) is 12.1 Å². The van der Waals surface area contributed by atoms with Gasteiger partial charge in [-0.15, -0.1) is 0 Å². The van der Waals surface area contributed by atoms with Crippen LogP contribution in [0.1, 0.15) is 21.6 Å². The Labute approximate surface area is 105 Å². The summed E-state index contributed by atoms with van der Waals surface area (Å²) >= 11 is 0. The van der Waals surface area contributed by atoms with Crippen LogP contribution in [0.5, 0.6) is 0 Å².